The van der Waals surface area contributed by atoms with E-state index in [1.807, 2.05) is 79.4 Å². The van der Waals surface area contributed by atoms with E-state index in [0.29, 0.717) is 13.0 Å². The SMILES string of the molecule is Cc1ccc(S(=O)(=O)N[C@H]2CCCc3ccc(N(Cc4cccc(C)n4)C(=O)[C@H]4C[C@H]4c4ccccc4)cc32)cc1. The third kappa shape index (κ3) is 5.97. The Morgan fingerprint density at radius 1 is 0.951 bits per heavy atom. The van der Waals surface area contributed by atoms with Crippen molar-refractivity contribution in [3.8, 4) is 0 Å². The summed E-state index contributed by atoms with van der Waals surface area (Å²) >= 11 is 0. The molecule has 7 heteroatoms. The van der Waals surface area contributed by atoms with Crippen molar-refractivity contribution in [1.29, 1.82) is 0 Å². The Balaban J connectivity index is 1.32. The van der Waals surface area contributed by atoms with Crippen molar-refractivity contribution < 1.29 is 13.2 Å². The molecule has 0 aliphatic heterocycles. The zero-order valence-corrected chi connectivity index (χ0v) is 24.3. The molecule has 1 aromatic heterocycles. The molecule has 1 saturated carbocycles. The van der Waals surface area contributed by atoms with Crippen LogP contribution in [0.2, 0.25) is 0 Å². The molecule has 3 aromatic carbocycles. The number of pyridine rings is 1. The second-order valence-corrected chi connectivity index (χ2v) is 13.0. The molecule has 0 spiro atoms. The second kappa shape index (κ2) is 11.2. The summed E-state index contributed by atoms with van der Waals surface area (Å²) in [6, 6.07) is 28.7. The average molecular weight is 566 g/mol. The van der Waals surface area contributed by atoms with Crippen LogP contribution in [-0.4, -0.2) is 19.3 Å². The zero-order valence-electron chi connectivity index (χ0n) is 23.5. The number of hydrogen-bond donors (Lipinski definition) is 1. The van der Waals surface area contributed by atoms with Crippen LogP contribution in [0.3, 0.4) is 0 Å². The summed E-state index contributed by atoms with van der Waals surface area (Å²) in [5.41, 5.74) is 6.76. The molecule has 0 unspecified atom stereocenters. The molecule has 1 amide bonds. The van der Waals surface area contributed by atoms with Gasteiger partial charge in [0, 0.05) is 23.3 Å². The van der Waals surface area contributed by atoms with Crippen LogP contribution < -0.4 is 9.62 Å². The number of aromatic nitrogens is 1. The molecule has 3 atom stereocenters. The fraction of sp³-hybridized carbons (Fsp3) is 0.294. The van der Waals surface area contributed by atoms with Gasteiger partial charge in [-0.05, 0) is 98.5 Å². The van der Waals surface area contributed by atoms with Crippen LogP contribution >= 0.6 is 0 Å². The van der Waals surface area contributed by atoms with E-state index in [4.69, 9.17) is 0 Å². The molecule has 1 heterocycles. The molecule has 210 valence electrons. The maximum atomic E-state index is 14.1. The van der Waals surface area contributed by atoms with Crippen molar-refractivity contribution in [1.82, 2.24) is 9.71 Å². The Morgan fingerprint density at radius 2 is 1.73 bits per heavy atom. The number of aryl methyl sites for hydroxylation is 3. The molecule has 6 nitrogen and oxygen atoms in total. The molecule has 0 saturated heterocycles. The lowest BCUT2D eigenvalue weighted by Crippen LogP contribution is -2.34. The first-order valence-electron chi connectivity index (χ1n) is 14.3. The molecule has 6 rings (SSSR count). The van der Waals surface area contributed by atoms with Crippen molar-refractivity contribution >= 4 is 21.6 Å². The van der Waals surface area contributed by atoms with E-state index in [-0.39, 0.29) is 28.7 Å². The summed E-state index contributed by atoms with van der Waals surface area (Å²) in [5, 5.41) is 0. The Hall–Kier alpha value is -3.81. The van der Waals surface area contributed by atoms with Crippen molar-refractivity contribution in [3.63, 3.8) is 0 Å². The lowest BCUT2D eigenvalue weighted by atomic mass is 9.87. The average Bonchev–Trinajstić information content (AvgIpc) is 3.78. The van der Waals surface area contributed by atoms with Crippen LogP contribution in [-0.2, 0) is 27.8 Å². The first kappa shape index (κ1) is 27.4. The molecule has 1 fully saturated rings. The highest BCUT2D eigenvalue weighted by Crippen LogP contribution is 2.49. The minimum atomic E-state index is -3.70. The smallest absolute Gasteiger partial charge is 0.241 e. The van der Waals surface area contributed by atoms with Crippen LogP contribution in [0.5, 0.6) is 0 Å². The van der Waals surface area contributed by atoms with Crippen molar-refractivity contribution in [2.45, 2.75) is 62.9 Å². The molecule has 0 bridgehead atoms. The van der Waals surface area contributed by atoms with E-state index in [1.165, 1.54) is 5.56 Å². The minimum absolute atomic E-state index is 0.0784. The maximum Gasteiger partial charge on any atom is 0.241 e. The summed E-state index contributed by atoms with van der Waals surface area (Å²) in [4.78, 5) is 20.8. The van der Waals surface area contributed by atoms with Crippen LogP contribution in [0.25, 0.3) is 0 Å². The van der Waals surface area contributed by atoms with Crippen LogP contribution in [0.15, 0.2) is 95.9 Å². The van der Waals surface area contributed by atoms with E-state index >= 15 is 0 Å². The number of anilines is 1. The van der Waals surface area contributed by atoms with Crippen molar-refractivity contribution in [2.24, 2.45) is 5.92 Å². The molecule has 1 N–H and O–H groups in total. The van der Waals surface area contributed by atoms with Crippen LogP contribution in [0, 0.1) is 19.8 Å². The zero-order chi connectivity index (χ0) is 28.6. The van der Waals surface area contributed by atoms with Gasteiger partial charge in [-0.2, -0.15) is 0 Å². The number of benzene rings is 3. The van der Waals surface area contributed by atoms with Crippen LogP contribution in [0.4, 0.5) is 5.69 Å². The number of amides is 1. The van der Waals surface area contributed by atoms with E-state index in [0.717, 1.165) is 53.0 Å². The van der Waals surface area contributed by atoms with E-state index < -0.39 is 10.0 Å². The third-order valence-corrected chi connectivity index (χ3v) is 9.74. The molecule has 2 aliphatic carbocycles. The topological polar surface area (TPSA) is 79.4 Å². The Morgan fingerprint density at radius 3 is 2.49 bits per heavy atom. The number of rotatable bonds is 8. The number of nitrogens with one attached hydrogen (secondary N) is 1. The number of carbonyl (C=O) groups excluding carboxylic acids is 1. The van der Waals surface area contributed by atoms with Gasteiger partial charge in [0.05, 0.1) is 17.1 Å². The predicted octanol–water partition coefficient (Wildman–Crippen LogP) is 6.39. The first-order chi connectivity index (χ1) is 19.8. The van der Waals surface area contributed by atoms with E-state index in [2.05, 4.69) is 27.9 Å². The number of hydrogen-bond acceptors (Lipinski definition) is 4. The van der Waals surface area contributed by atoms with Gasteiger partial charge in [0.15, 0.2) is 0 Å². The summed E-state index contributed by atoms with van der Waals surface area (Å²) in [7, 11) is -3.70. The highest BCUT2D eigenvalue weighted by molar-refractivity contribution is 7.89. The number of nitrogens with zero attached hydrogens (tertiary/aromatic N) is 2. The van der Waals surface area contributed by atoms with Gasteiger partial charge in [-0.25, -0.2) is 13.1 Å². The molecule has 41 heavy (non-hydrogen) atoms. The summed E-state index contributed by atoms with van der Waals surface area (Å²) in [6.45, 7) is 4.24. The standard InChI is InChI=1S/C34H35N3O3S/c1-23-14-18-29(19-15-23)41(39,40)36-33-13-7-11-26-16-17-28(20-31(26)33)37(22-27-12-6-8-24(2)35-27)34(38)32-21-30(32)25-9-4-3-5-10-25/h3-6,8-10,12,14-20,30,32-33,36H,7,11,13,21-22H2,1-2H3/t30-,32-,33-/m0/s1. The van der Waals surface area contributed by atoms with Gasteiger partial charge in [0.2, 0.25) is 15.9 Å². The van der Waals surface area contributed by atoms with Gasteiger partial charge < -0.3 is 4.90 Å². The van der Waals surface area contributed by atoms with Gasteiger partial charge >= 0.3 is 0 Å². The fourth-order valence-electron chi connectivity index (χ4n) is 5.93. The lowest BCUT2D eigenvalue weighted by molar-refractivity contribution is -0.120. The third-order valence-electron chi connectivity index (χ3n) is 8.25. The van der Waals surface area contributed by atoms with Crippen LogP contribution in [0.1, 0.15) is 64.9 Å². The Labute approximate surface area is 242 Å². The number of carbonyl (C=O) groups is 1. The molecular formula is C34H35N3O3S. The highest BCUT2D eigenvalue weighted by atomic mass is 32.2. The second-order valence-electron chi connectivity index (χ2n) is 11.3. The number of fused-ring (bicyclic) bond motifs is 1. The van der Waals surface area contributed by atoms with Gasteiger partial charge in [0.25, 0.3) is 0 Å². The molecule has 4 aromatic rings. The monoisotopic (exact) mass is 565 g/mol. The quantitative estimate of drug-likeness (QED) is 0.268. The largest absolute Gasteiger partial charge is 0.306 e. The molecule has 2 aliphatic rings. The summed E-state index contributed by atoms with van der Waals surface area (Å²) in [6.07, 6.45) is 3.30. The van der Waals surface area contributed by atoms with E-state index in [1.54, 1.807) is 12.1 Å². The highest BCUT2D eigenvalue weighted by Gasteiger charge is 2.46. The first-order valence-corrected chi connectivity index (χ1v) is 15.8. The van der Waals surface area contributed by atoms with Gasteiger partial charge in [0.1, 0.15) is 0 Å². The van der Waals surface area contributed by atoms with E-state index in [9.17, 15) is 13.2 Å². The Bertz CT molecular complexity index is 1670. The molecular weight excluding hydrogens is 530 g/mol. The van der Waals surface area contributed by atoms with Crippen molar-refractivity contribution in [3.05, 3.63) is 125 Å². The predicted molar refractivity (Wildman–Crippen MR) is 161 cm³/mol. The van der Waals surface area contributed by atoms with Gasteiger partial charge in [-0.15, -0.1) is 0 Å². The summed E-state index contributed by atoms with van der Waals surface area (Å²) < 4.78 is 29.6. The lowest BCUT2D eigenvalue weighted by Gasteiger charge is -2.29. The number of sulfonamides is 1. The maximum absolute atomic E-state index is 14.1. The fourth-order valence-corrected chi connectivity index (χ4v) is 7.18. The molecule has 0 radical (unpaired) electrons. The summed E-state index contributed by atoms with van der Waals surface area (Å²) in [5.74, 6) is 0.201. The van der Waals surface area contributed by atoms with Crippen molar-refractivity contribution in [2.75, 3.05) is 4.90 Å². The minimum Gasteiger partial charge on any atom is -0.306 e. The van der Waals surface area contributed by atoms with Gasteiger partial charge in [-0.1, -0.05) is 60.2 Å². The normalized spacial score (nSPS) is 19.8. The van der Waals surface area contributed by atoms with Gasteiger partial charge in [-0.3, -0.25) is 9.78 Å². The Kier molecular flexibility index (Phi) is 7.49.